The van der Waals surface area contributed by atoms with Gasteiger partial charge in [0.05, 0.1) is 5.92 Å². The normalized spacial score (nSPS) is 31.5. The van der Waals surface area contributed by atoms with Crippen molar-refractivity contribution in [3.8, 4) is 0 Å². The summed E-state index contributed by atoms with van der Waals surface area (Å²) in [6.45, 7) is 0. The van der Waals surface area contributed by atoms with Crippen molar-refractivity contribution in [2.24, 2.45) is 11.8 Å². The first-order chi connectivity index (χ1) is 6.91. The Balaban J connectivity index is 2.72. The van der Waals surface area contributed by atoms with Crippen LogP contribution in [0.25, 0.3) is 0 Å². The van der Waals surface area contributed by atoms with Crippen LogP contribution in [0.1, 0.15) is 19.3 Å². The SMILES string of the molecule is O=C(O)C1CC(C(O)O)CC([N+](=O)[O-])C1. The molecule has 3 atom stereocenters. The second-order valence-corrected chi connectivity index (χ2v) is 3.86. The Kier molecular flexibility index (Phi) is 3.59. The van der Waals surface area contributed by atoms with Gasteiger partial charge in [-0.25, -0.2) is 0 Å². The molecule has 0 bridgehead atoms. The predicted molar refractivity (Wildman–Crippen MR) is 47.5 cm³/mol. The van der Waals surface area contributed by atoms with E-state index in [1.807, 2.05) is 0 Å². The molecule has 0 radical (unpaired) electrons. The van der Waals surface area contributed by atoms with Crippen LogP contribution >= 0.6 is 0 Å². The van der Waals surface area contributed by atoms with Crippen molar-refractivity contribution in [1.82, 2.24) is 0 Å². The summed E-state index contributed by atoms with van der Waals surface area (Å²) < 4.78 is 0. The number of nitrogens with zero attached hydrogens (tertiary/aromatic N) is 1. The molecule has 0 aliphatic heterocycles. The van der Waals surface area contributed by atoms with E-state index >= 15 is 0 Å². The van der Waals surface area contributed by atoms with Gasteiger partial charge < -0.3 is 15.3 Å². The van der Waals surface area contributed by atoms with E-state index in [1.54, 1.807) is 0 Å². The monoisotopic (exact) mass is 219 g/mol. The number of carbonyl (C=O) groups is 1. The third-order valence-electron chi connectivity index (χ3n) is 2.79. The highest BCUT2D eigenvalue weighted by atomic mass is 16.6. The molecule has 0 aromatic carbocycles. The number of aliphatic hydroxyl groups excluding tert-OH is 1. The van der Waals surface area contributed by atoms with Crippen LogP contribution in [-0.4, -0.2) is 38.5 Å². The zero-order valence-corrected chi connectivity index (χ0v) is 7.94. The van der Waals surface area contributed by atoms with Gasteiger partial charge in [-0.1, -0.05) is 0 Å². The summed E-state index contributed by atoms with van der Waals surface area (Å²) in [5.41, 5.74) is 0. The average molecular weight is 219 g/mol. The lowest BCUT2D eigenvalue weighted by Gasteiger charge is -2.29. The van der Waals surface area contributed by atoms with Crippen LogP contribution in [0.4, 0.5) is 0 Å². The van der Waals surface area contributed by atoms with E-state index in [0.29, 0.717) is 0 Å². The van der Waals surface area contributed by atoms with Crippen LogP contribution in [0.5, 0.6) is 0 Å². The van der Waals surface area contributed by atoms with Gasteiger partial charge in [-0.2, -0.15) is 0 Å². The van der Waals surface area contributed by atoms with E-state index in [9.17, 15) is 14.9 Å². The van der Waals surface area contributed by atoms with Gasteiger partial charge in [-0.05, 0) is 6.42 Å². The zero-order valence-electron chi connectivity index (χ0n) is 7.94. The molecule has 0 amide bonds. The minimum atomic E-state index is -1.69. The molecule has 0 heterocycles. The Morgan fingerprint density at radius 2 is 1.93 bits per heavy atom. The highest BCUT2D eigenvalue weighted by molar-refractivity contribution is 5.70. The molecule has 0 aromatic heterocycles. The molecule has 3 unspecified atom stereocenters. The van der Waals surface area contributed by atoms with E-state index in [1.165, 1.54) is 0 Å². The van der Waals surface area contributed by atoms with Gasteiger partial charge in [0, 0.05) is 23.7 Å². The van der Waals surface area contributed by atoms with Crippen LogP contribution in [0, 0.1) is 22.0 Å². The van der Waals surface area contributed by atoms with Crippen molar-refractivity contribution >= 4 is 5.97 Å². The van der Waals surface area contributed by atoms with Crippen molar-refractivity contribution in [3.63, 3.8) is 0 Å². The molecule has 0 aromatic rings. The van der Waals surface area contributed by atoms with Crippen LogP contribution in [0.15, 0.2) is 0 Å². The Hall–Kier alpha value is -1.21. The van der Waals surface area contributed by atoms with Gasteiger partial charge in [0.15, 0.2) is 6.29 Å². The number of hydrogen-bond acceptors (Lipinski definition) is 5. The molecule has 1 aliphatic carbocycles. The van der Waals surface area contributed by atoms with Crippen molar-refractivity contribution in [2.45, 2.75) is 31.6 Å². The summed E-state index contributed by atoms with van der Waals surface area (Å²) in [7, 11) is 0. The van der Waals surface area contributed by atoms with Crippen molar-refractivity contribution in [3.05, 3.63) is 10.1 Å². The highest BCUT2D eigenvalue weighted by Gasteiger charge is 2.40. The lowest BCUT2D eigenvalue weighted by atomic mass is 9.78. The summed E-state index contributed by atoms with van der Waals surface area (Å²) in [5, 5.41) is 37.1. The number of carboxylic acids is 1. The maximum Gasteiger partial charge on any atom is 0.306 e. The van der Waals surface area contributed by atoms with Gasteiger partial charge >= 0.3 is 5.97 Å². The molecule has 7 heteroatoms. The van der Waals surface area contributed by atoms with E-state index in [4.69, 9.17) is 15.3 Å². The molecular formula is C8H13NO6. The quantitative estimate of drug-likeness (QED) is 0.332. The Bertz CT molecular complexity index is 244. The maximum absolute atomic E-state index is 10.7. The lowest BCUT2D eigenvalue weighted by molar-refractivity contribution is -0.530. The number of aliphatic carboxylic acids is 1. The summed E-state index contributed by atoms with van der Waals surface area (Å²) in [4.78, 5) is 20.7. The number of rotatable bonds is 3. The summed E-state index contributed by atoms with van der Waals surface area (Å²) in [6.07, 6.45) is -1.62. The fourth-order valence-electron chi connectivity index (χ4n) is 1.95. The number of carboxylic acid groups (broad SMARTS) is 1. The largest absolute Gasteiger partial charge is 0.481 e. The third kappa shape index (κ3) is 2.87. The number of hydrogen-bond donors (Lipinski definition) is 3. The average Bonchev–Trinajstić information content (AvgIpc) is 2.16. The minimum Gasteiger partial charge on any atom is -0.481 e. The van der Waals surface area contributed by atoms with E-state index in [2.05, 4.69) is 0 Å². The van der Waals surface area contributed by atoms with Crippen LogP contribution in [0.3, 0.4) is 0 Å². The molecule has 0 saturated heterocycles. The Morgan fingerprint density at radius 3 is 2.33 bits per heavy atom. The molecule has 1 saturated carbocycles. The first-order valence-electron chi connectivity index (χ1n) is 4.64. The summed E-state index contributed by atoms with van der Waals surface area (Å²) >= 11 is 0. The topological polar surface area (TPSA) is 121 Å². The van der Waals surface area contributed by atoms with Gasteiger partial charge in [-0.15, -0.1) is 0 Å². The summed E-state index contributed by atoms with van der Waals surface area (Å²) in [6, 6.07) is -0.994. The van der Waals surface area contributed by atoms with Crippen molar-refractivity contribution in [2.75, 3.05) is 0 Å². The highest BCUT2D eigenvalue weighted by Crippen LogP contribution is 2.32. The van der Waals surface area contributed by atoms with Crippen LogP contribution < -0.4 is 0 Å². The maximum atomic E-state index is 10.7. The van der Waals surface area contributed by atoms with Crippen molar-refractivity contribution in [1.29, 1.82) is 0 Å². The number of nitro groups is 1. The smallest absolute Gasteiger partial charge is 0.306 e. The molecule has 86 valence electrons. The Morgan fingerprint density at radius 1 is 1.33 bits per heavy atom. The Labute approximate surface area is 85.5 Å². The van der Waals surface area contributed by atoms with Crippen molar-refractivity contribution < 1.29 is 25.0 Å². The fourth-order valence-corrected chi connectivity index (χ4v) is 1.95. The fraction of sp³-hybridized carbons (Fsp3) is 0.875. The predicted octanol–water partition coefficient (Wildman–Crippen LogP) is -0.557. The first kappa shape index (κ1) is 11.9. The minimum absolute atomic E-state index is 0.0223. The van der Waals surface area contributed by atoms with Gasteiger partial charge in [0.1, 0.15) is 0 Å². The second-order valence-electron chi connectivity index (χ2n) is 3.86. The molecule has 0 spiro atoms. The molecule has 1 aliphatic rings. The third-order valence-corrected chi connectivity index (χ3v) is 2.79. The van der Waals surface area contributed by atoms with E-state index < -0.39 is 35.1 Å². The number of aliphatic hydroxyl groups is 2. The lowest BCUT2D eigenvalue weighted by Crippen LogP contribution is -2.39. The first-order valence-corrected chi connectivity index (χ1v) is 4.64. The molecular weight excluding hydrogens is 206 g/mol. The van der Waals surface area contributed by atoms with Gasteiger partial charge in [-0.3, -0.25) is 14.9 Å². The molecule has 7 nitrogen and oxygen atoms in total. The van der Waals surface area contributed by atoms with E-state index in [-0.39, 0.29) is 19.3 Å². The van der Waals surface area contributed by atoms with Gasteiger partial charge in [0.25, 0.3) is 0 Å². The molecule has 3 N–H and O–H groups in total. The van der Waals surface area contributed by atoms with Gasteiger partial charge in [0.2, 0.25) is 6.04 Å². The zero-order chi connectivity index (χ0) is 11.6. The molecule has 1 rings (SSSR count). The van der Waals surface area contributed by atoms with Crippen LogP contribution in [0.2, 0.25) is 0 Å². The standard InChI is InChI=1S/C8H13NO6/c10-7(11)4-1-5(8(12)13)3-6(2-4)9(14)15/h4-7,10-11H,1-3H2,(H,12,13). The second kappa shape index (κ2) is 4.54. The molecule has 1 fully saturated rings. The van der Waals surface area contributed by atoms with Crippen LogP contribution in [-0.2, 0) is 4.79 Å². The molecule has 15 heavy (non-hydrogen) atoms. The van der Waals surface area contributed by atoms with E-state index in [0.717, 1.165) is 0 Å². The summed E-state index contributed by atoms with van der Waals surface area (Å²) in [5.74, 6) is -2.71.